The Morgan fingerprint density at radius 2 is 2.00 bits per heavy atom. The zero-order valence-corrected chi connectivity index (χ0v) is 9.71. The molecule has 0 heterocycles. The number of hydrogen-bond acceptors (Lipinski definition) is 3. The summed E-state index contributed by atoms with van der Waals surface area (Å²) < 4.78 is 5.60. The van der Waals surface area contributed by atoms with E-state index < -0.39 is 0 Å². The van der Waals surface area contributed by atoms with E-state index in [1.54, 1.807) is 7.05 Å². The molecule has 1 N–H and O–H groups in total. The molecule has 0 aliphatic heterocycles. The lowest BCUT2D eigenvalue weighted by atomic mass is 10.1. The van der Waals surface area contributed by atoms with Crippen molar-refractivity contribution in [3.05, 3.63) is 0 Å². The second kappa shape index (κ2) is 7.78. The van der Waals surface area contributed by atoms with Gasteiger partial charge in [-0.15, -0.1) is 0 Å². The SMILES string of the molecule is CNC(C#N)CCOC(C)CC(C)C. The maximum atomic E-state index is 8.67. The Hall–Kier alpha value is -0.590. The van der Waals surface area contributed by atoms with Gasteiger partial charge in [0.15, 0.2) is 0 Å². The highest BCUT2D eigenvalue weighted by Crippen LogP contribution is 2.07. The van der Waals surface area contributed by atoms with Crippen LogP contribution in [0, 0.1) is 17.2 Å². The molecule has 0 bridgehead atoms. The highest BCUT2D eigenvalue weighted by atomic mass is 16.5. The Morgan fingerprint density at radius 3 is 2.43 bits per heavy atom. The first-order valence-electron chi connectivity index (χ1n) is 5.28. The van der Waals surface area contributed by atoms with Crippen molar-refractivity contribution in [2.75, 3.05) is 13.7 Å². The molecule has 0 rings (SSSR count). The minimum Gasteiger partial charge on any atom is -0.378 e. The van der Waals surface area contributed by atoms with E-state index in [0.717, 1.165) is 12.8 Å². The van der Waals surface area contributed by atoms with Crippen LogP contribution >= 0.6 is 0 Å². The number of nitrogens with one attached hydrogen (secondary N) is 1. The fraction of sp³-hybridized carbons (Fsp3) is 0.909. The largest absolute Gasteiger partial charge is 0.378 e. The van der Waals surface area contributed by atoms with E-state index in [4.69, 9.17) is 10.00 Å². The quantitative estimate of drug-likeness (QED) is 0.680. The van der Waals surface area contributed by atoms with Crippen LogP contribution in [0.3, 0.4) is 0 Å². The second-order valence-electron chi connectivity index (χ2n) is 4.07. The minimum absolute atomic E-state index is 0.0822. The molecule has 2 atom stereocenters. The summed E-state index contributed by atoms with van der Waals surface area (Å²) in [6, 6.07) is 2.09. The van der Waals surface area contributed by atoms with Crippen molar-refractivity contribution in [3.63, 3.8) is 0 Å². The van der Waals surface area contributed by atoms with Crippen molar-refractivity contribution in [2.24, 2.45) is 5.92 Å². The summed E-state index contributed by atoms with van der Waals surface area (Å²) in [4.78, 5) is 0. The third-order valence-electron chi connectivity index (χ3n) is 2.12. The number of ether oxygens (including phenoxy) is 1. The van der Waals surface area contributed by atoms with E-state index in [1.807, 2.05) is 0 Å². The molecule has 0 radical (unpaired) electrons. The monoisotopic (exact) mass is 198 g/mol. The number of hydrogen-bond donors (Lipinski definition) is 1. The molecule has 0 aromatic rings. The third kappa shape index (κ3) is 6.88. The Balaban J connectivity index is 3.49. The molecule has 0 amide bonds. The van der Waals surface area contributed by atoms with Gasteiger partial charge >= 0.3 is 0 Å². The lowest BCUT2D eigenvalue weighted by molar-refractivity contribution is 0.0485. The smallest absolute Gasteiger partial charge is 0.0972 e. The molecule has 0 saturated heterocycles. The summed E-state index contributed by atoms with van der Waals surface area (Å²) in [5, 5.41) is 11.6. The third-order valence-corrected chi connectivity index (χ3v) is 2.12. The van der Waals surface area contributed by atoms with E-state index in [9.17, 15) is 0 Å². The van der Waals surface area contributed by atoms with Crippen LogP contribution in [0.4, 0.5) is 0 Å². The van der Waals surface area contributed by atoms with E-state index in [2.05, 4.69) is 32.2 Å². The molecular formula is C11H22N2O. The van der Waals surface area contributed by atoms with Gasteiger partial charge < -0.3 is 10.1 Å². The topological polar surface area (TPSA) is 45.0 Å². The van der Waals surface area contributed by atoms with Gasteiger partial charge in [0.2, 0.25) is 0 Å². The molecule has 0 aromatic heterocycles. The maximum Gasteiger partial charge on any atom is 0.0972 e. The normalized spacial score (nSPS) is 15.1. The first-order valence-corrected chi connectivity index (χ1v) is 5.28. The second-order valence-corrected chi connectivity index (χ2v) is 4.07. The molecule has 3 nitrogen and oxygen atoms in total. The molecule has 3 heteroatoms. The number of nitriles is 1. The van der Waals surface area contributed by atoms with Crippen molar-refractivity contribution in [1.29, 1.82) is 5.26 Å². The standard InChI is InChI=1S/C11H22N2O/c1-9(2)7-10(3)14-6-5-11(8-12)13-4/h9-11,13H,5-7H2,1-4H3. The van der Waals surface area contributed by atoms with Crippen LogP contribution in [0.1, 0.15) is 33.6 Å². The van der Waals surface area contributed by atoms with Gasteiger partial charge in [-0.3, -0.25) is 0 Å². The molecule has 0 aromatic carbocycles. The fourth-order valence-electron chi connectivity index (χ4n) is 1.39. The van der Waals surface area contributed by atoms with Gasteiger partial charge in [-0.05, 0) is 32.7 Å². The van der Waals surface area contributed by atoms with E-state index in [1.165, 1.54) is 0 Å². The van der Waals surface area contributed by atoms with Gasteiger partial charge in [-0.2, -0.15) is 5.26 Å². The Bertz CT molecular complexity index is 175. The minimum atomic E-state index is -0.0822. The number of rotatable bonds is 7. The van der Waals surface area contributed by atoms with Gasteiger partial charge in [0.25, 0.3) is 0 Å². The predicted octanol–water partition coefficient (Wildman–Crippen LogP) is 1.94. The van der Waals surface area contributed by atoms with Gasteiger partial charge in [0.05, 0.1) is 18.2 Å². The van der Waals surface area contributed by atoms with Crippen molar-refractivity contribution in [3.8, 4) is 6.07 Å². The number of nitrogens with zero attached hydrogens (tertiary/aromatic N) is 1. The van der Waals surface area contributed by atoms with Crippen molar-refractivity contribution in [1.82, 2.24) is 5.32 Å². The molecule has 0 aliphatic rings. The Morgan fingerprint density at radius 1 is 1.36 bits per heavy atom. The molecular weight excluding hydrogens is 176 g/mol. The van der Waals surface area contributed by atoms with E-state index >= 15 is 0 Å². The fourth-order valence-corrected chi connectivity index (χ4v) is 1.39. The highest BCUT2D eigenvalue weighted by molar-refractivity contribution is 4.88. The maximum absolute atomic E-state index is 8.67. The summed E-state index contributed by atoms with van der Waals surface area (Å²) in [5.41, 5.74) is 0. The van der Waals surface area contributed by atoms with Gasteiger partial charge in [0.1, 0.15) is 0 Å². The van der Waals surface area contributed by atoms with Crippen LogP contribution in [0.15, 0.2) is 0 Å². The zero-order chi connectivity index (χ0) is 11.0. The Labute approximate surface area is 87.4 Å². The highest BCUT2D eigenvalue weighted by Gasteiger charge is 2.07. The van der Waals surface area contributed by atoms with Crippen molar-refractivity contribution in [2.45, 2.75) is 45.8 Å². The van der Waals surface area contributed by atoms with E-state index in [-0.39, 0.29) is 6.04 Å². The van der Waals surface area contributed by atoms with Gasteiger partial charge in [0, 0.05) is 6.61 Å². The van der Waals surface area contributed by atoms with Crippen molar-refractivity contribution >= 4 is 0 Å². The first kappa shape index (κ1) is 13.4. The average molecular weight is 198 g/mol. The average Bonchev–Trinajstić information content (AvgIpc) is 2.11. The summed E-state index contributed by atoms with van der Waals surface area (Å²) in [6.07, 6.45) is 2.14. The van der Waals surface area contributed by atoms with Crippen LogP contribution in [0.2, 0.25) is 0 Å². The summed E-state index contributed by atoms with van der Waals surface area (Å²) in [5.74, 6) is 0.668. The van der Waals surface area contributed by atoms with E-state index in [0.29, 0.717) is 18.6 Å². The Kier molecular flexibility index (Phi) is 7.45. The lowest BCUT2D eigenvalue weighted by Gasteiger charge is -2.16. The van der Waals surface area contributed by atoms with Gasteiger partial charge in [-0.1, -0.05) is 13.8 Å². The molecule has 0 fully saturated rings. The van der Waals surface area contributed by atoms with Crippen LogP contribution in [0.5, 0.6) is 0 Å². The van der Waals surface area contributed by atoms with Crippen molar-refractivity contribution < 1.29 is 4.74 Å². The van der Waals surface area contributed by atoms with Crippen LogP contribution in [0.25, 0.3) is 0 Å². The molecule has 0 aliphatic carbocycles. The summed E-state index contributed by atoms with van der Waals surface area (Å²) in [6.45, 7) is 7.12. The van der Waals surface area contributed by atoms with Crippen LogP contribution in [-0.4, -0.2) is 25.8 Å². The first-order chi connectivity index (χ1) is 6.60. The zero-order valence-electron chi connectivity index (χ0n) is 9.71. The van der Waals surface area contributed by atoms with Crippen LogP contribution in [-0.2, 0) is 4.74 Å². The molecule has 2 unspecified atom stereocenters. The molecule has 82 valence electrons. The lowest BCUT2D eigenvalue weighted by Crippen LogP contribution is -2.25. The summed E-state index contributed by atoms with van der Waals surface area (Å²) >= 11 is 0. The predicted molar refractivity (Wildman–Crippen MR) is 57.9 cm³/mol. The van der Waals surface area contributed by atoms with Crippen LogP contribution < -0.4 is 5.32 Å². The molecule has 0 spiro atoms. The van der Waals surface area contributed by atoms with Gasteiger partial charge in [-0.25, -0.2) is 0 Å². The molecule has 14 heavy (non-hydrogen) atoms. The summed E-state index contributed by atoms with van der Waals surface area (Å²) in [7, 11) is 1.80. The molecule has 0 saturated carbocycles.